The Kier molecular flexibility index (Phi) is 8.02. The molecule has 1 fully saturated rings. The number of oxazole rings is 1. The van der Waals surface area contributed by atoms with Gasteiger partial charge in [-0.25, -0.2) is 18.8 Å². The van der Waals surface area contributed by atoms with Crippen molar-refractivity contribution in [2.45, 2.75) is 39.8 Å². The van der Waals surface area contributed by atoms with Crippen molar-refractivity contribution in [3.63, 3.8) is 0 Å². The molecule has 1 aliphatic heterocycles. The van der Waals surface area contributed by atoms with Gasteiger partial charge >= 0.3 is 0 Å². The smallest absolute Gasteiger partial charge is 0.216 e. The average molecular weight is 505 g/mol. The molecule has 0 aliphatic carbocycles. The van der Waals surface area contributed by atoms with Gasteiger partial charge < -0.3 is 20.0 Å². The number of nitrogens with one attached hydrogen (secondary N) is 2. The fraction of sp³-hybridized carbons (Fsp3) is 0.474. The van der Waals surface area contributed by atoms with Crippen molar-refractivity contribution in [3.05, 3.63) is 47.2 Å². The Balaban J connectivity index is 0.00000280. The molecule has 2 aromatic rings. The summed E-state index contributed by atoms with van der Waals surface area (Å²) in [5.41, 5.74) is 0.894. The normalized spacial score (nSPS) is 16.8. The molecule has 6 nitrogen and oxygen atoms in total. The first-order chi connectivity index (χ1) is 13.0. The Morgan fingerprint density at radius 2 is 2.04 bits per heavy atom. The zero-order valence-electron chi connectivity index (χ0n) is 16.3. The maximum Gasteiger partial charge on any atom is 0.216 e. The van der Waals surface area contributed by atoms with Crippen LogP contribution in [0.3, 0.4) is 0 Å². The van der Waals surface area contributed by atoms with Crippen molar-refractivity contribution < 1.29 is 13.2 Å². The number of aryl methyl sites for hydroxylation is 2. The van der Waals surface area contributed by atoms with Gasteiger partial charge in [-0.05, 0) is 39.3 Å². The van der Waals surface area contributed by atoms with Gasteiger partial charge in [0.05, 0.1) is 5.69 Å². The summed E-state index contributed by atoms with van der Waals surface area (Å²) in [4.78, 5) is 10.6. The molecule has 2 N–H and O–H groups in total. The summed E-state index contributed by atoms with van der Waals surface area (Å²) in [5, 5.41) is 6.51. The molecule has 1 aliphatic rings. The van der Waals surface area contributed by atoms with Crippen LogP contribution in [-0.2, 0) is 6.54 Å². The molecule has 1 unspecified atom stereocenters. The van der Waals surface area contributed by atoms with Gasteiger partial charge in [0.15, 0.2) is 5.96 Å². The number of rotatable bonds is 5. The number of guanidine groups is 1. The van der Waals surface area contributed by atoms with E-state index in [0.717, 1.165) is 17.9 Å². The first-order valence-corrected chi connectivity index (χ1v) is 9.14. The van der Waals surface area contributed by atoms with E-state index in [1.54, 1.807) is 4.90 Å². The predicted octanol–water partition coefficient (Wildman–Crippen LogP) is 3.52. The standard InChI is InChI=1S/C19H25F2N5O.HI/c1-4-22-19(23-10-17-24-12(2)13(3)27-17)25-14-8-9-26(11-14)18-15(20)6-5-7-16(18)21;/h5-7,14H,4,8-11H2,1-3H3,(H2,22,23,25);1H. The van der Waals surface area contributed by atoms with Crippen LogP contribution in [0.25, 0.3) is 0 Å². The van der Waals surface area contributed by atoms with E-state index in [1.807, 2.05) is 20.8 Å². The number of hydrogen-bond donors (Lipinski definition) is 2. The topological polar surface area (TPSA) is 65.7 Å². The van der Waals surface area contributed by atoms with Crippen molar-refractivity contribution in [1.29, 1.82) is 0 Å². The van der Waals surface area contributed by atoms with Gasteiger partial charge in [0.2, 0.25) is 5.89 Å². The molecule has 1 aromatic carbocycles. The van der Waals surface area contributed by atoms with Gasteiger partial charge in [-0.2, -0.15) is 0 Å². The molecule has 9 heteroatoms. The van der Waals surface area contributed by atoms with Gasteiger partial charge in [-0.15, -0.1) is 24.0 Å². The third kappa shape index (κ3) is 5.33. The maximum atomic E-state index is 14.0. The molecule has 0 bridgehead atoms. The monoisotopic (exact) mass is 505 g/mol. The van der Waals surface area contributed by atoms with E-state index < -0.39 is 11.6 Å². The van der Waals surface area contributed by atoms with E-state index >= 15 is 0 Å². The number of para-hydroxylation sites is 1. The third-order valence-corrected chi connectivity index (χ3v) is 4.57. The van der Waals surface area contributed by atoms with Crippen LogP contribution in [0.4, 0.5) is 14.5 Å². The number of aromatic nitrogens is 1. The summed E-state index contributed by atoms with van der Waals surface area (Å²) in [6.45, 7) is 7.84. The molecule has 28 heavy (non-hydrogen) atoms. The molecule has 154 valence electrons. The second-order valence-corrected chi connectivity index (χ2v) is 6.59. The molecule has 0 amide bonds. The summed E-state index contributed by atoms with van der Waals surface area (Å²) >= 11 is 0. The number of aliphatic imine (C=N–C) groups is 1. The molecular formula is C19H26F2IN5O. The first-order valence-electron chi connectivity index (χ1n) is 9.14. The largest absolute Gasteiger partial charge is 0.444 e. The lowest BCUT2D eigenvalue weighted by atomic mass is 10.2. The molecule has 1 saturated heterocycles. The van der Waals surface area contributed by atoms with Crippen LogP contribution in [0, 0.1) is 25.5 Å². The Labute approximate surface area is 180 Å². The lowest BCUT2D eigenvalue weighted by Gasteiger charge is -2.21. The van der Waals surface area contributed by atoms with Crippen molar-refractivity contribution in [2.24, 2.45) is 4.99 Å². The third-order valence-electron chi connectivity index (χ3n) is 4.57. The highest BCUT2D eigenvalue weighted by atomic mass is 127. The van der Waals surface area contributed by atoms with Crippen LogP contribution in [0.1, 0.15) is 30.7 Å². The summed E-state index contributed by atoms with van der Waals surface area (Å²) in [6, 6.07) is 3.98. The second kappa shape index (κ2) is 10.0. The molecular weight excluding hydrogens is 479 g/mol. The quantitative estimate of drug-likeness (QED) is 0.370. The Hall–Kier alpha value is -1.91. The summed E-state index contributed by atoms with van der Waals surface area (Å²) in [6.07, 6.45) is 0.759. The van der Waals surface area contributed by atoms with Crippen LogP contribution in [0.5, 0.6) is 0 Å². The zero-order valence-corrected chi connectivity index (χ0v) is 18.6. The maximum absolute atomic E-state index is 14.0. The van der Waals surface area contributed by atoms with E-state index in [1.165, 1.54) is 18.2 Å². The lowest BCUT2D eigenvalue weighted by molar-refractivity contribution is 0.472. The van der Waals surface area contributed by atoms with Crippen molar-refractivity contribution in [1.82, 2.24) is 15.6 Å². The highest BCUT2D eigenvalue weighted by Gasteiger charge is 2.27. The van der Waals surface area contributed by atoms with E-state index in [2.05, 4.69) is 20.6 Å². The average Bonchev–Trinajstić information content (AvgIpc) is 3.20. The number of nitrogens with zero attached hydrogens (tertiary/aromatic N) is 3. The molecule has 0 saturated carbocycles. The molecule has 0 spiro atoms. The fourth-order valence-corrected chi connectivity index (χ4v) is 3.14. The minimum absolute atomic E-state index is 0. The fourth-order valence-electron chi connectivity index (χ4n) is 3.14. The number of hydrogen-bond acceptors (Lipinski definition) is 4. The zero-order chi connectivity index (χ0) is 19.4. The van der Waals surface area contributed by atoms with Crippen molar-refractivity contribution in [2.75, 3.05) is 24.5 Å². The second-order valence-electron chi connectivity index (χ2n) is 6.59. The molecule has 1 aromatic heterocycles. The highest BCUT2D eigenvalue weighted by Crippen LogP contribution is 2.26. The Morgan fingerprint density at radius 1 is 1.32 bits per heavy atom. The van der Waals surface area contributed by atoms with Crippen LogP contribution < -0.4 is 15.5 Å². The predicted molar refractivity (Wildman–Crippen MR) is 116 cm³/mol. The van der Waals surface area contributed by atoms with Gasteiger partial charge in [0.25, 0.3) is 0 Å². The van der Waals surface area contributed by atoms with Crippen molar-refractivity contribution in [3.8, 4) is 0 Å². The molecule has 2 heterocycles. The SMILES string of the molecule is CCNC(=NCc1nc(C)c(C)o1)NC1CCN(c2c(F)cccc2F)C1.I. The summed E-state index contributed by atoms with van der Waals surface area (Å²) in [7, 11) is 0. The molecule has 3 rings (SSSR count). The van der Waals surface area contributed by atoms with Gasteiger partial charge in [0, 0.05) is 25.7 Å². The number of anilines is 1. The molecule has 1 atom stereocenters. The lowest BCUT2D eigenvalue weighted by Crippen LogP contribution is -2.44. The van der Waals surface area contributed by atoms with E-state index in [9.17, 15) is 8.78 Å². The van der Waals surface area contributed by atoms with Crippen LogP contribution in [0.15, 0.2) is 27.6 Å². The van der Waals surface area contributed by atoms with E-state index in [-0.39, 0.29) is 35.7 Å². The molecule has 0 radical (unpaired) electrons. The van der Waals surface area contributed by atoms with Crippen LogP contribution >= 0.6 is 24.0 Å². The van der Waals surface area contributed by atoms with Gasteiger partial charge in [-0.3, -0.25) is 0 Å². The highest BCUT2D eigenvalue weighted by molar-refractivity contribution is 14.0. The van der Waals surface area contributed by atoms with Gasteiger partial charge in [-0.1, -0.05) is 6.07 Å². The minimum atomic E-state index is -0.536. The van der Waals surface area contributed by atoms with Gasteiger partial charge in [0.1, 0.15) is 29.6 Å². The minimum Gasteiger partial charge on any atom is -0.444 e. The number of benzene rings is 1. The Morgan fingerprint density at radius 3 is 2.64 bits per heavy atom. The number of halogens is 3. The van der Waals surface area contributed by atoms with E-state index in [0.29, 0.717) is 38.0 Å². The van der Waals surface area contributed by atoms with Crippen molar-refractivity contribution >= 4 is 35.6 Å². The van der Waals surface area contributed by atoms with Crippen LogP contribution in [0.2, 0.25) is 0 Å². The van der Waals surface area contributed by atoms with E-state index in [4.69, 9.17) is 4.42 Å². The Bertz CT molecular complexity index is 787. The first kappa shape index (κ1) is 22.4. The van der Waals surface area contributed by atoms with Crippen LogP contribution in [-0.4, -0.2) is 36.6 Å². The summed E-state index contributed by atoms with van der Waals surface area (Å²) < 4.78 is 33.5. The summed E-state index contributed by atoms with van der Waals surface area (Å²) in [5.74, 6) is 0.906.